The van der Waals surface area contributed by atoms with Crippen LogP contribution >= 0.6 is 0 Å². The molecule has 0 aliphatic rings. The zero-order valence-electron chi connectivity index (χ0n) is 9.97. The molecule has 5 heteroatoms. The van der Waals surface area contributed by atoms with Gasteiger partial charge in [-0.25, -0.2) is 4.98 Å². The number of methoxy groups -OCH3 is 1. The topological polar surface area (TPSA) is 57.0 Å². The van der Waals surface area contributed by atoms with Crippen molar-refractivity contribution >= 4 is 5.78 Å². The molecule has 2 aromatic rings. The SMILES string of the molecule is COc1cnn(C)c1C(=O)c1cccc(C)n1. The van der Waals surface area contributed by atoms with Gasteiger partial charge in [-0.05, 0) is 19.1 Å². The average molecular weight is 231 g/mol. The van der Waals surface area contributed by atoms with Crippen molar-refractivity contribution in [1.29, 1.82) is 0 Å². The summed E-state index contributed by atoms with van der Waals surface area (Å²) in [5, 5.41) is 4.00. The normalized spacial score (nSPS) is 10.3. The van der Waals surface area contributed by atoms with Crippen LogP contribution in [0.5, 0.6) is 5.75 Å². The Morgan fingerprint density at radius 3 is 2.82 bits per heavy atom. The Hall–Kier alpha value is -2.17. The summed E-state index contributed by atoms with van der Waals surface area (Å²) in [6.07, 6.45) is 1.52. The third-order valence-corrected chi connectivity index (χ3v) is 2.46. The van der Waals surface area contributed by atoms with Crippen LogP contribution < -0.4 is 4.74 Å². The number of aryl methyl sites for hydroxylation is 2. The number of ketones is 1. The van der Waals surface area contributed by atoms with E-state index in [1.807, 2.05) is 13.0 Å². The fraction of sp³-hybridized carbons (Fsp3) is 0.250. The Bertz CT molecular complexity index is 561. The molecule has 0 spiro atoms. The van der Waals surface area contributed by atoms with Gasteiger partial charge in [0.1, 0.15) is 5.69 Å². The molecular weight excluding hydrogens is 218 g/mol. The standard InChI is InChI=1S/C12H13N3O2/c1-8-5-4-6-9(14-8)12(16)11-10(17-3)7-13-15(11)2/h4-7H,1-3H3. The number of nitrogens with zero attached hydrogens (tertiary/aromatic N) is 3. The lowest BCUT2D eigenvalue weighted by atomic mass is 10.2. The van der Waals surface area contributed by atoms with Crippen LogP contribution in [0.2, 0.25) is 0 Å². The minimum absolute atomic E-state index is 0.189. The van der Waals surface area contributed by atoms with Gasteiger partial charge in [0.25, 0.3) is 0 Å². The molecule has 5 nitrogen and oxygen atoms in total. The molecule has 88 valence electrons. The van der Waals surface area contributed by atoms with Gasteiger partial charge < -0.3 is 4.74 Å². The number of aromatic nitrogens is 3. The van der Waals surface area contributed by atoms with Gasteiger partial charge in [0.05, 0.1) is 13.3 Å². The highest BCUT2D eigenvalue weighted by Gasteiger charge is 2.20. The number of carbonyl (C=O) groups is 1. The molecule has 17 heavy (non-hydrogen) atoms. The fourth-order valence-corrected chi connectivity index (χ4v) is 1.62. The van der Waals surface area contributed by atoms with E-state index in [1.165, 1.54) is 18.0 Å². The molecular formula is C12H13N3O2. The van der Waals surface area contributed by atoms with Gasteiger partial charge in [-0.1, -0.05) is 6.07 Å². The van der Waals surface area contributed by atoms with Gasteiger partial charge in [0.2, 0.25) is 5.78 Å². The number of hydrogen-bond acceptors (Lipinski definition) is 4. The second-order valence-electron chi connectivity index (χ2n) is 3.68. The van der Waals surface area contributed by atoms with Crippen LogP contribution in [0.1, 0.15) is 21.9 Å². The molecule has 0 aliphatic heterocycles. The zero-order valence-corrected chi connectivity index (χ0v) is 9.97. The van der Waals surface area contributed by atoms with Crippen LogP contribution in [0, 0.1) is 6.92 Å². The van der Waals surface area contributed by atoms with Crippen molar-refractivity contribution in [3.05, 3.63) is 41.5 Å². The van der Waals surface area contributed by atoms with E-state index in [9.17, 15) is 4.79 Å². The van der Waals surface area contributed by atoms with Crippen molar-refractivity contribution < 1.29 is 9.53 Å². The van der Waals surface area contributed by atoms with E-state index in [0.717, 1.165) is 5.69 Å². The van der Waals surface area contributed by atoms with Crippen molar-refractivity contribution in [3.8, 4) is 5.75 Å². The first-order valence-electron chi connectivity index (χ1n) is 5.18. The average Bonchev–Trinajstić information content (AvgIpc) is 2.69. The monoisotopic (exact) mass is 231 g/mol. The number of ether oxygens (including phenoxy) is 1. The first-order chi connectivity index (χ1) is 8.13. The lowest BCUT2D eigenvalue weighted by molar-refractivity contribution is 0.102. The minimum atomic E-state index is -0.189. The smallest absolute Gasteiger partial charge is 0.233 e. The minimum Gasteiger partial charge on any atom is -0.493 e. The maximum Gasteiger partial charge on any atom is 0.233 e. The van der Waals surface area contributed by atoms with Crippen LogP contribution in [-0.4, -0.2) is 27.7 Å². The maximum atomic E-state index is 12.3. The molecule has 0 bridgehead atoms. The summed E-state index contributed by atoms with van der Waals surface area (Å²) in [4.78, 5) is 16.5. The predicted octanol–water partition coefficient (Wildman–Crippen LogP) is 1.36. The Labute approximate surface area is 99.1 Å². The molecule has 2 aromatic heterocycles. The van der Waals surface area contributed by atoms with Crippen LogP contribution in [-0.2, 0) is 7.05 Å². The summed E-state index contributed by atoms with van der Waals surface area (Å²) in [6, 6.07) is 5.33. The number of pyridine rings is 1. The number of hydrogen-bond donors (Lipinski definition) is 0. The first-order valence-corrected chi connectivity index (χ1v) is 5.18. The molecule has 0 amide bonds. The highest BCUT2D eigenvalue weighted by atomic mass is 16.5. The van der Waals surface area contributed by atoms with Gasteiger partial charge in [-0.2, -0.15) is 5.10 Å². The molecule has 2 heterocycles. The highest BCUT2D eigenvalue weighted by Crippen LogP contribution is 2.19. The number of carbonyl (C=O) groups excluding carboxylic acids is 1. The molecule has 0 N–H and O–H groups in total. The van der Waals surface area contributed by atoms with Crippen LogP contribution in [0.15, 0.2) is 24.4 Å². The van der Waals surface area contributed by atoms with Crippen molar-refractivity contribution in [2.24, 2.45) is 7.05 Å². The third-order valence-electron chi connectivity index (χ3n) is 2.46. The Balaban J connectivity index is 2.47. The van der Waals surface area contributed by atoms with Crippen molar-refractivity contribution in [2.45, 2.75) is 6.92 Å². The molecule has 2 rings (SSSR count). The lowest BCUT2D eigenvalue weighted by Gasteiger charge is -2.04. The quantitative estimate of drug-likeness (QED) is 0.748. The Morgan fingerprint density at radius 1 is 1.41 bits per heavy atom. The molecule has 0 aliphatic carbocycles. The predicted molar refractivity (Wildman–Crippen MR) is 62.2 cm³/mol. The molecule has 0 fully saturated rings. The van der Waals surface area contributed by atoms with Crippen molar-refractivity contribution in [1.82, 2.24) is 14.8 Å². The summed E-state index contributed by atoms with van der Waals surface area (Å²) < 4.78 is 6.60. The molecule has 0 saturated carbocycles. The maximum absolute atomic E-state index is 12.3. The second kappa shape index (κ2) is 4.37. The second-order valence-corrected chi connectivity index (χ2v) is 3.68. The Morgan fingerprint density at radius 2 is 2.18 bits per heavy atom. The largest absolute Gasteiger partial charge is 0.493 e. The third kappa shape index (κ3) is 2.04. The fourth-order valence-electron chi connectivity index (χ4n) is 1.62. The lowest BCUT2D eigenvalue weighted by Crippen LogP contribution is -2.11. The molecule has 0 atom stereocenters. The molecule has 0 radical (unpaired) electrons. The van der Waals surface area contributed by atoms with Gasteiger partial charge in [0.15, 0.2) is 11.4 Å². The van der Waals surface area contributed by atoms with Gasteiger partial charge in [-0.15, -0.1) is 0 Å². The van der Waals surface area contributed by atoms with E-state index in [0.29, 0.717) is 17.1 Å². The van der Waals surface area contributed by atoms with Crippen LogP contribution in [0.3, 0.4) is 0 Å². The van der Waals surface area contributed by atoms with E-state index in [1.54, 1.807) is 19.2 Å². The van der Waals surface area contributed by atoms with Crippen LogP contribution in [0.4, 0.5) is 0 Å². The van der Waals surface area contributed by atoms with E-state index >= 15 is 0 Å². The van der Waals surface area contributed by atoms with E-state index < -0.39 is 0 Å². The van der Waals surface area contributed by atoms with E-state index in [2.05, 4.69) is 10.1 Å². The van der Waals surface area contributed by atoms with Crippen molar-refractivity contribution in [3.63, 3.8) is 0 Å². The Kier molecular flexibility index (Phi) is 2.91. The van der Waals surface area contributed by atoms with E-state index in [-0.39, 0.29) is 5.78 Å². The summed E-state index contributed by atoms with van der Waals surface area (Å²) in [5.41, 5.74) is 1.61. The zero-order chi connectivity index (χ0) is 12.4. The van der Waals surface area contributed by atoms with E-state index in [4.69, 9.17) is 4.74 Å². The van der Waals surface area contributed by atoms with Gasteiger partial charge in [-0.3, -0.25) is 9.48 Å². The molecule has 0 aromatic carbocycles. The summed E-state index contributed by atoms with van der Waals surface area (Å²) >= 11 is 0. The highest BCUT2D eigenvalue weighted by molar-refractivity contribution is 6.08. The van der Waals surface area contributed by atoms with Crippen LogP contribution in [0.25, 0.3) is 0 Å². The molecule has 0 saturated heterocycles. The molecule has 0 unspecified atom stereocenters. The summed E-state index contributed by atoms with van der Waals surface area (Å²) in [7, 11) is 3.21. The van der Waals surface area contributed by atoms with Gasteiger partial charge >= 0.3 is 0 Å². The summed E-state index contributed by atoms with van der Waals surface area (Å²) in [6.45, 7) is 1.84. The number of rotatable bonds is 3. The van der Waals surface area contributed by atoms with Crippen molar-refractivity contribution in [2.75, 3.05) is 7.11 Å². The van der Waals surface area contributed by atoms with Gasteiger partial charge in [0, 0.05) is 12.7 Å². The summed E-state index contributed by atoms with van der Waals surface area (Å²) in [5.74, 6) is 0.270. The first kappa shape index (κ1) is 11.3.